The molecule has 0 spiro atoms. The number of amides is 1. The Morgan fingerprint density at radius 1 is 0.962 bits per heavy atom. The van der Waals surface area contributed by atoms with Crippen LogP contribution >= 0.6 is 0 Å². The SMILES string of the molecule is O=C(N[C@@H]1C[C@H]2CC[C@H]1C2)c1cccc(NS(=O)(=O)c2ccccc2)c1. The first-order chi connectivity index (χ1) is 12.5. The summed E-state index contributed by atoms with van der Waals surface area (Å²) in [5.74, 6) is 1.22. The first kappa shape index (κ1) is 17.1. The molecule has 0 unspecified atom stereocenters. The Bertz CT molecular complexity index is 912. The Balaban J connectivity index is 1.47. The van der Waals surface area contributed by atoms with Crippen molar-refractivity contribution < 1.29 is 13.2 Å². The molecule has 136 valence electrons. The number of carbonyl (C=O) groups is 1. The summed E-state index contributed by atoms with van der Waals surface area (Å²) in [5.41, 5.74) is 0.857. The first-order valence-corrected chi connectivity index (χ1v) is 10.5. The van der Waals surface area contributed by atoms with Crippen LogP contribution in [0.5, 0.6) is 0 Å². The van der Waals surface area contributed by atoms with Crippen molar-refractivity contribution in [2.24, 2.45) is 11.8 Å². The normalized spacial score (nSPS) is 24.4. The Morgan fingerprint density at radius 3 is 2.46 bits per heavy atom. The first-order valence-electron chi connectivity index (χ1n) is 9.00. The van der Waals surface area contributed by atoms with Gasteiger partial charge in [-0.1, -0.05) is 30.7 Å². The lowest BCUT2D eigenvalue weighted by molar-refractivity contribution is 0.0923. The summed E-state index contributed by atoms with van der Waals surface area (Å²) >= 11 is 0. The lowest BCUT2D eigenvalue weighted by Crippen LogP contribution is -2.38. The molecule has 2 N–H and O–H groups in total. The highest BCUT2D eigenvalue weighted by Gasteiger charge is 2.40. The quantitative estimate of drug-likeness (QED) is 0.847. The summed E-state index contributed by atoms with van der Waals surface area (Å²) in [7, 11) is -3.67. The number of rotatable bonds is 5. The van der Waals surface area contributed by atoms with Crippen LogP contribution in [-0.4, -0.2) is 20.4 Å². The van der Waals surface area contributed by atoms with Gasteiger partial charge >= 0.3 is 0 Å². The van der Waals surface area contributed by atoms with E-state index < -0.39 is 10.0 Å². The van der Waals surface area contributed by atoms with Crippen molar-refractivity contribution in [3.05, 3.63) is 60.2 Å². The van der Waals surface area contributed by atoms with Crippen LogP contribution in [0.15, 0.2) is 59.5 Å². The molecule has 1 amide bonds. The molecule has 6 heteroatoms. The second-order valence-electron chi connectivity index (χ2n) is 7.25. The lowest BCUT2D eigenvalue weighted by Gasteiger charge is -2.23. The number of carbonyl (C=O) groups excluding carboxylic acids is 1. The molecule has 3 atom stereocenters. The van der Waals surface area contributed by atoms with E-state index in [9.17, 15) is 13.2 Å². The van der Waals surface area contributed by atoms with Gasteiger partial charge in [-0.25, -0.2) is 8.42 Å². The number of anilines is 1. The summed E-state index contributed by atoms with van der Waals surface area (Å²) in [6.07, 6.45) is 4.78. The summed E-state index contributed by atoms with van der Waals surface area (Å²) in [5, 5.41) is 3.13. The maximum absolute atomic E-state index is 12.6. The van der Waals surface area contributed by atoms with Crippen LogP contribution < -0.4 is 10.0 Å². The molecule has 2 bridgehead atoms. The largest absolute Gasteiger partial charge is 0.349 e. The van der Waals surface area contributed by atoms with Gasteiger partial charge in [0, 0.05) is 17.3 Å². The van der Waals surface area contributed by atoms with Gasteiger partial charge in [-0.2, -0.15) is 0 Å². The molecule has 2 aromatic carbocycles. The van der Waals surface area contributed by atoms with E-state index in [1.807, 2.05) is 0 Å². The molecule has 5 nitrogen and oxygen atoms in total. The van der Waals surface area contributed by atoms with E-state index in [2.05, 4.69) is 10.0 Å². The predicted octanol–water partition coefficient (Wildman–Crippen LogP) is 3.41. The molecule has 4 rings (SSSR count). The zero-order chi connectivity index (χ0) is 18.1. The van der Waals surface area contributed by atoms with Crippen LogP contribution in [0.25, 0.3) is 0 Å². The van der Waals surface area contributed by atoms with Crippen LogP contribution in [0.4, 0.5) is 5.69 Å². The number of nitrogens with one attached hydrogen (secondary N) is 2. The third-order valence-electron chi connectivity index (χ3n) is 5.49. The number of benzene rings is 2. The third kappa shape index (κ3) is 3.46. The van der Waals surface area contributed by atoms with E-state index in [0.717, 1.165) is 12.3 Å². The zero-order valence-electron chi connectivity index (χ0n) is 14.4. The number of hydrogen-bond acceptors (Lipinski definition) is 3. The summed E-state index contributed by atoms with van der Waals surface area (Å²) in [6, 6.07) is 15.1. The molecular formula is C20H22N2O3S. The molecule has 2 fully saturated rings. The van der Waals surface area contributed by atoms with Gasteiger partial charge in [-0.15, -0.1) is 0 Å². The molecule has 2 aliphatic carbocycles. The maximum Gasteiger partial charge on any atom is 0.261 e. The molecule has 2 saturated carbocycles. The number of hydrogen-bond donors (Lipinski definition) is 2. The van der Waals surface area contributed by atoms with Gasteiger partial charge in [0.15, 0.2) is 0 Å². The van der Waals surface area contributed by atoms with Crippen molar-refractivity contribution in [1.29, 1.82) is 0 Å². The number of sulfonamides is 1. The van der Waals surface area contributed by atoms with Gasteiger partial charge in [0.1, 0.15) is 0 Å². The fourth-order valence-corrected chi connectivity index (χ4v) is 5.28. The molecular weight excluding hydrogens is 348 g/mol. The van der Waals surface area contributed by atoms with E-state index in [-0.39, 0.29) is 16.8 Å². The van der Waals surface area contributed by atoms with Gasteiger partial charge in [0.2, 0.25) is 0 Å². The fourth-order valence-electron chi connectivity index (χ4n) is 4.21. The summed E-state index contributed by atoms with van der Waals surface area (Å²) in [6.45, 7) is 0. The maximum atomic E-state index is 12.6. The lowest BCUT2D eigenvalue weighted by atomic mass is 9.95. The average molecular weight is 370 g/mol. The van der Waals surface area contributed by atoms with E-state index in [1.54, 1.807) is 42.5 Å². The standard InChI is InChI=1S/C20H22N2O3S/c23-20(21-19-12-14-9-10-15(19)11-14)16-5-4-6-17(13-16)22-26(24,25)18-7-2-1-3-8-18/h1-8,13-15,19,22H,9-12H2,(H,21,23)/t14-,15-,19+/m0/s1. The number of fused-ring (bicyclic) bond motifs is 2. The van der Waals surface area contributed by atoms with Crippen LogP contribution in [0, 0.1) is 11.8 Å². The summed E-state index contributed by atoms with van der Waals surface area (Å²) < 4.78 is 27.4. The van der Waals surface area contributed by atoms with Crippen molar-refractivity contribution in [2.45, 2.75) is 36.6 Å². The molecule has 0 saturated heterocycles. The van der Waals surface area contributed by atoms with Gasteiger partial charge in [-0.3, -0.25) is 9.52 Å². The van der Waals surface area contributed by atoms with Crippen molar-refractivity contribution in [3.8, 4) is 0 Å². The monoisotopic (exact) mass is 370 g/mol. The van der Waals surface area contributed by atoms with Crippen LogP contribution in [0.2, 0.25) is 0 Å². The van der Waals surface area contributed by atoms with Crippen LogP contribution in [0.3, 0.4) is 0 Å². The highest BCUT2D eigenvalue weighted by Crippen LogP contribution is 2.44. The smallest absolute Gasteiger partial charge is 0.261 e. The van der Waals surface area contributed by atoms with Crippen molar-refractivity contribution in [1.82, 2.24) is 5.32 Å². The van der Waals surface area contributed by atoms with Gasteiger partial charge < -0.3 is 5.32 Å². The van der Waals surface area contributed by atoms with E-state index in [0.29, 0.717) is 17.2 Å². The Kier molecular flexibility index (Phi) is 4.44. The Hall–Kier alpha value is -2.34. The minimum absolute atomic E-state index is 0.136. The fraction of sp³-hybridized carbons (Fsp3) is 0.350. The van der Waals surface area contributed by atoms with Crippen molar-refractivity contribution in [3.63, 3.8) is 0 Å². The predicted molar refractivity (Wildman–Crippen MR) is 100 cm³/mol. The minimum Gasteiger partial charge on any atom is -0.349 e. The zero-order valence-corrected chi connectivity index (χ0v) is 15.2. The van der Waals surface area contributed by atoms with E-state index in [1.165, 1.54) is 31.4 Å². The Labute approximate surface area is 153 Å². The average Bonchev–Trinajstić information content (AvgIpc) is 3.25. The second-order valence-corrected chi connectivity index (χ2v) is 8.94. The van der Waals surface area contributed by atoms with E-state index in [4.69, 9.17) is 0 Å². The molecule has 0 aromatic heterocycles. The Morgan fingerprint density at radius 2 is 1.77 bits per heavy atom. The third-order valence-corrected chi connectivity index (χ3v) is 6.88. The van der Waals surface area contributed by atoms with Gasteiger partial charge in [0.25, 0.3) is 15.9 Å². The summed E-state index contributed by atoms with van der Waals surface area (Å²) in [4.78, 5) is 12.8. The topological polar surface area (TPSA) is 75.3 Å². The molecule has 0 heterocycles. The highest BCUT2D eigenvalue weighted by atomic mass is 32.2. The minimum atomic E-state index is -3.67. The van der Waals surface area contributed by atoms with Gasteiger partial charge in [-0.05, 0) is 61.4 Å². The molecule has 2 aliphatic rings. The van der Waals surface area contributed by atoms with Crippen molar-refractivity contribution in [2.75, 3.05) is 4.72 Å². The van der Waals surface area contributed by atoms with Gasteiger partial charge in [0.05, 0.1) is 4.90 Å². The highest BCUT2D eigenvalue weighted by molar-refractivity contribution is 7.92. The van der Waals surface area contributed by atoms with Crippen molar-refractivity contribution >= 4 is 21.6 Å². The molecule has 0 aliphatic heterocycles. The molecule has 26 heavy (non-hydrogen) atoms. The molecule has 0 radical (unpaired) electrons. The molecule has 2 aromatic rings. The van der Waals surface area contributed by atoms with Crippen LogP contribution in [0.1, 0.15) is 36.0 Å². The van der Waals surface area contributed by atoms with Crippen LogP contribution in [-0.2, 0) is 10.0 Å². The van der Waals surface area contributed by atoms with E-state index >= 15 is 0 Å². The second kappa shape index (κ2) is 6.76.